The summed E-state index contributed by atoms with van der Waals surface area (Å²) in [5.41, 5.74) is 7.11. The van der Waals surface area contributed by atoms with E-state index >= 15 is 0 Å². The highest BCUT2D eigenvalue weighted by Gasteiger charge is 2.46. The Balaban J connectivity index is 1.10. The maximum atomic E-state index is 14.6. The van der Waals surface area contributed by atoms with E-state index in [4.69, 9.17) is 4.98 Å². The van der Waals surface area contributed by atoms with Gasteiger partial charge in [0.2, 0.25) is 0 Å². The van der Waals surface area contributed by atoms with Gasteiger partial charge in [-0.3, -0.25) is 4.79 Å². The first-order valence-corrected chi connectivity index (χ1v) is 17.4. The fourth-order valence-electron chi connectivity index (χ4n) is 9.39. The summed E-state index contributed by atoms with van der Waals surface area (Å²) < 4.78 is 2.39. The maximum absolute atomic E-state index is 14.6. The zero-order valence-electron chi connectivity index (χ0n) is 28.2. The third-order valence-corrected chi connectivity index (χ3v) is 11.8. The van der Waals surface area contributed by atoms with Gasteiger partial charge in [-0.2, -0.15) is 0 Å². The summed E-state index contributed by atoms with van der Waals surface area (Å²) in [4.78, 5) is 35.8. The van der Waals surface area contributed by atoms with Crippen LogP contribution in [0, 0.1) is 22.7 Å². The van der Waals surface area contributed by atoms with Crippen LogP contribution in [0.5, 0.6) is 0 Å². The van der Waals surface area contributed by atoms with E-state index < -0.39 is 5.97 Å². The van der Waals surface area contributed by atoms with Crippen molar-refractivity contribution in [3.05, 3.63) is 107 Å². The van der Waals surface area contributed by atoms with Crippen LogP contribution < -0.4 is 0 Å². The molecule has 2 atom stereocenters. The molecule has 3 saturated heterocycles. The minimum Gasteiger partial charge on any atom is -0.478 e. The number of para-hydroxylation sites is 2. The number of nitrogens with zero attached hydrogens (tertiary/aromatic N) is 4. The average molecular weight is 641 g/mol. The Morgan fingerprint density at radius 1 is 0.917 bits per heavy atom. The molecule has 1 unspecified atom stereocenters. The van der Waals surface area contributed by atoms with Gasteiger partial charge in [0.15, 0.2) is 0 Å². The Morgan fingerprint density at radius 2 is 1.65 bits per heavy atom. The van der Waals surface area contributed by atoms with Gasteiger partial charge in [0.25, 0.3) is 5.91 Å². The molecule has 1 N–H and O–H groups in total. The molecule has 246 valence electrons. The molecule has 7 nitrogen and oxygen atoms in total. The average Bonchev–Trinajstić information content (AvgIpc) is 3.46. The molecule has 3 fully saturated rings. The lowest BCUT2D eigenvalue weighted by atomic mass is 9.58. The van der Waals surface area contributed by atoms with Crippen molar-refractivity contribution in [1.82, 2.24) is 19.4 Å². The fourth-order valence-corrected chi connectivity index (χ4v) is 9.39. The number of carbonyl (C=O) groups excluding carboxylic acids is 1. The van der Waals surface area contributed by atoms with Crippen molar-refractivity contribution in [2.24, 2.45) is 22.7 Å². The van der Waals surface area contributed by atoms with Crippen molar-refractivity contribution in [1.29, 1.82) is 0 Å². The van der Waals surface area contributed by atoms with Crippen LogP contribution in [-0.2, 0) is 6.54 Å². The number of hydrogen-bond donors (Lipinski definition) is 1. The van der Waals surface area contributed by atoms with Crippen molar-refractivity contribution in [3.8, 4) is 11.4 Å². The van der Waals surface area contributed by atoms with E-state index in [1.807, 2.05) is 41.3 Å². The molecule has 1 amide bonds. The molecular weight excluding hydrogens is 596 g/mol. The molecule has 0 saturated carbocycles. The molecule has 48 heavy (non-hydrogen) atoms. The molecule has 5 heterocycles. The minimum atomic E-state index is -0.918. The van der Waals surface area contributed by atoms with Crippen LogP contribution >= 0.6 is 0 Å². The van der Waals surface area contributed by atoms with Gasteiger partial charge in [-0.25, -0.2) is 9.78 Å². The zero-order chi connectivity index (χ0) is 33.2. The lowest BCUT2D eigenvalue weighted by Crippen LogP contribution is -2.49. The van der Waals surface area contributed by atoms with Crippen molar-refractivity contribution in [3.63, 3.8) is 0 Å². The SMILES string of the molecule is CC1(C)C(c2ccc(C(=O)O)cc2)=CC[C@]2(C)CN(C(=O)c3ccccc3-c3nc4ccccc4n3CC3CN4CCC3CC4)CC=C12. The zero-order valence-corrected chi connectivity index (χ0v) is 28.2. The molecule has 4 aromatic rings. The first kappa shape index (κ1) is 30.8. The highest BCUT2D eigenvalue weighted by atomic mass is 16.4. The second-order valence-corrected chi connectivity index (χ2v) is 15.2. The summed E-state index contributed by atoms with van der Waals surface area (Å²) in [7, 11) is 0. The van der Waals surface area contributed by atoms with Gasteiger partial charge in [-0.05, 0) is 85.7 Å². The van der Waals surface area contributed by atoms with E-state index in [-0.39, 0.29) is 16.7 Å². The molecule has 1 aliphatic carbocycles. The number of carboxylic acids is 1. The molecule has 1 aromatic heterocycles. The van der Waals surface area contributed by atoms with Gasteiger partial charge in [-0.1, -0.05) is 81.0 Å². The molecule has 9 rings (SSSR count). The predicted octanol–water partition coefficient (Wildman–Crippen LogP) is 7.65. The second kappa shape index (κ2) is 11.6. The van der Waals surface area contributed by atoms with Crippen LogP contribution in [0.2, 0.25) is 0 Å². The van der Waals surface area contributed by atoms with E-state index in [9.17, 15) is 14.7 Å². The highest BCUT2D eigenvalue weighted by Crippen LogP contribution is 2.55. The van der Waals surface area contributed by atoms with Crippen molar-refractivity contribution < 1.29 is 14.7 Å². The smallest absolute Gasteiger partial charge is 0.335 e. The van der Waals surface area contributed by atoms with Gasteiger partial charge in [0.05, 0.1) is 22.2 Å². The van der Waals surface area contributed by atoms with Crippen LogP contribution in [0.4, 0.5) is 0 Å². The summed E-state index contributed by atoms with van der Waals surface area (Å²) in [6.45, 7) is 12.4. The quantitative estimate of drug-likeness (QED) is 0.219. The van der Waals surface area contributed by atoms with E-state index in [0.717, 1.165) is 53.4 Å². The first-order chi connectivity index (χ1) is 23.1. The summed E-state index contributed by atoms with van der Waals surface area (Å²) in [6.07, 6.45) is 7.92. The lowest BCUT2D eigenvalue weighted by Gasteiger charge is -2.50. The van der Waals surface area contributed by atoms with Crippen LogP contribution in [0.15, 0.2) is 90.5 Å². The van der Waals surface area contributed by atoms with Crippen molar-refractivity contribution in [2.75, 3.05) is 32.7 Å². The second-order valence-electron chi connectivity index (χ2n) is 15.2. The number of imidazole rings is 1. The normalized spacial score (nSPS) is 26.1. The van der Waals surface area contributed by atoms with Gasteiger partial charge in [0, 0.05) is 42.6 Å². The summed E-state index contributed by atoms with van der Waals surface area (Å²) in [5, 5.41) is 9.38. The highest BCUT2D eigenvalue weighted by molar-refractivity contribution is 6.01. The Hall–Kier alpha value is -4.49. The van der Waals surface area contributed by atoms with E-state index in [2.05, 4.69) is 66.7 Å². The predicted molar refractivity (Wildman–Crippen MR) is 190 cm³/mol. The standard InChI is InChI=1S/C41H44N4O3/c1-40(2)33(28-12-14-29(15-13-28)39(47)48)16-20-41(3)26-44(23-19-36(40)41)38(46)32-9-5-4-8-31(32)37-42-34-10-6-7-11-35(34)45(37)25-30-24-43-21-17-27(30)18-22-43/h4-16,19,27,30H,17-18,20-26H2,1-3H3,(H,47,48)/t30?,41-/m1/s1. The number of aromatic carboxylic acids is 1. The lowest BCUT2D eigenvalue weighted by molar-refractivity contribution is 0.0431. The number of rotatable bonds is 6. The van der Waals surface area contributed by atoms with Crippen LogP contribution in [0.25, 0.3) is 28.0 Å². The van der Waals surface area contributed by atoms with Gasteiger partial charge in [0.1, 0.15) is 5.82 Å². The number of piperidine rings is 3. The molecule has 7 heteroatoms. The number of aromatic nitrogens is 2. The van der Waals surface area contributed by atoms with Crippen LogP contribution in [-0.4, -0.2) is 69.1 Å². The minimum absolute atomic E-state index is 0.0420. The number of benzene rings is 3. The number of carboxylic acid groups (broad SMARTS) is 1. The van der Waals surface area contributed by atoms with E-state index in [0.29, 0.717) is 30.1 Å². The fraction of sp³-hybridized carbons (Fsp3) is 0.390. The molecule has 0 spiro atoms. The van der Waals surface area contributed by atoms with Crippen LogP contribution in [0.3, 0.4) is 0 Å². The molecular formula is C41H44N4O3. The first-order valence-electron chi connectivity index (χ1n) is 17.4. The Labute approximate surface area is 282 Å². The van der Waals surface area contributed by atoms with Gasteiger partial charge >= 0.3 is 5.97 Å². The summed E-state index contributed by atoms with van der Waals surface area (Å²) in [6, 6.07) is 23.6. The van der Waals surface area contributed by atoms with E-state index in [1.54, 1.807) is 12.1 Å². The van der Waals surface area contributed by atoms with Crippen molar-refractivity contribution >= 4 is 28.5 Å². The monoisotopic (exact) mass is 640 g/mol. The molecule has 3 aromatic carbocycles. The molecule has 4 aliphatic heterocycles. The van der Waals surface area contributed by atoms with Crippen molar-refractivity contribution in [2.45, 2.75) is 46.6 Å². The Morgan fingerprint density at radius 3 is 2.38 bits per heavy atom. The number of hydrogen-bond acceptors (Lipinski definition) is 4. The molecule has 2 bridgehead atoms. The maximum Gasteiger partial charge on any atom is 0.335 e. The third-order valence-electron chi connectivity index (χ3n) is 11.8. The van der Waals surface area contributed by atoms with Crippen LogP contribution in [0.1, 0.15) is 66.3 Å². The molecule has 5 aliphatic rings. The topological polar surface area (TPSA) is 78.7 Å². The molecule has 0 radical (unpaired) electrons. The number of amides is 1. The number of fused-ring (bicyclic) bond motifs is 5. The van der Waals surface area contributed by atoms with Gasteiger partial charge in [-0.15, -0.1) is 0 Å². The van der Waals surface area contributed by atoms with E-state index in [1.165, 1.54) is 37.1 Å². The summed E-state index contributed by atoms with van der Waals surface area (Å²) >= 11 is 0. The summed E-state index contributed by atoms with van der Waals surface area (Å²) in [5.74, 6) is 1.34. The Bertz CT molecular complexity index is 1980. The Kier molecular flexibility index (Phi) is 7.44. The number of carbonyl (C=O) groups is 2. The number of allylic oxidation sites excluding steroid dienone is 2. The largest absolute Gasteiger partial charge is 0.478 e. The third kappa shape index (κ3) is 5.11. The van der Waals surface area contributed by atoms with Gasteiger partial charge < -0.3 is 19.5 Å².